The van der Waals surface area contributed by atoms with E-state index in [0.717, 1.165) is 17.7 Å². The second-order valence-electron chi connectivity index (χ2n) is 4.33. The molecule has 0 aliphatic carbocycles. The van der Waals surface area contributed by atoms with Crippen LogP contribution in [0, 0.1) is 0 Å². The van der Waals surface area contributed by atoms with Crippen molar-refractivity contribution in [2.24, 2.45) is 0 Å². The van der Waals surface area contributed by atoms with Crippen LogP contribution in [0.2, 0.25) is 0 Å². The maximum atomic E-state index is 11.7. The van der Waals surface area contributed by atoms with Crippen molar-refractivity contribution in [3.63, 3.8) is 0 Å². The fourth-order valence-electron chi connectivity index (χ4n) is 2.11. The van der Waals surface area contributed by atoms with Crippen LogP contribution in [-0.4, -0.2) is 16.0 Å². The van der Waals surface area contributed by atoms with Crippen molar-refractivity contribution in [2.75, 3.05) is 5.32 Å². The third kappa shape index (κ3) is 2.16. The van der Waals surface area contributed by atoms with Gasteiger partial charge in [0.1, 0.15) is 0 Å². The van der Waals surface area contributed by atoms with E-state index in [0.29, 0.717) is 30.4 Å². The Balaban J connectivity index is 1.77. The van der Waals surface area contributed by atoms with Gasteiger partial charge in [-0.3, -0.25) is 4.79 Å². The summed E-state index contributed by atoms with van der Waals surface area (Å²) in [5.74, 6) is 1.17. The van der Waals surface area contributed by atoms with Crippen LogP contribution < -0.4 is 10.6 Å². The summed E-state index contributed by atoms with van der Waals surface area (Å²) in [5.41, 5.74) is 2.52. The first kappa shape index (κ1) is 11.7. The van der Waals surface area contributed by atoms with Crippen molar-refractivity contribution in [1.29, 1.82) is 0 Å². The second-order valence-corrected chi connectivity index (χ2v) is 4.33. The van der Waals surface area contributed by atoms with Crippen molar-refractivity contribution < 1.29 is 9.32 Å². The maximum Gasteiger partial charge on any atom is 0.253 e. The zero-order chi connectivity index (χ0) is 13.2. The molecule has 0 radical (unpaired) electrons. The lowest BCUT2D eigenvalue weighted by Gasteiger charge is -2.07. The number of amides is 1. The third-order valence-corrected chi connectivity index (χ3v) is 3.07. The topological polar surface area (TPSA) is 80.0 Å². The van der Waals surface area contributed by atoms with Gasteiger partial charge in [0, 0.05) is 18.7 Å². The second kappa shape index (κ2) is 4.72. The lowest BCUT2D eigenvalue weighted by atomic mass is 10.1. The average molecular weight is 258 g/mol. The van der Waals surface area contributed by atoms with E-state index in [1.165, 1.54) is 0 Å². The zero-order valence-corrected chi connectivity index (χ0v) is 10.6. The molecule has 0 fully saturated rings. The fraction of sp³-hybridized carbons (Fsp3) is 0.308. The van der Waals surface area contributed by atoms with Gasteiger partial charge in [0.15, 0.2) is 5.82 Å². The molecule has 1 aliphatic heterocycles. The van der Waals surface area contributed by atoms with Crippen molar-refractivity contribution >= 4 is 11.6 Å². The molecule has 1 aliphatic rings. The number of carbonyl (C=O) groups is 1. The Hall–Kier alpha value is -2.37. The van der Waals surface area contributed by atoms with E-state index in [2.05, 4.69) is 20.8 Å². The molecule has 1 aromatic carbocycles. The minimum Gasteiger partial charge on any atom is -0.377 e. The van der Waals surface area contributed by atoms with Gasteiger partial charge in [-0.25, -0.2) is 0 Å². The predicted molar refractivity (Wildman–Crippen MR) is 68.6 cm³/mol. The molecule has 0 saturated heterocycles. The molecule has 0 atom stereocenters. The Labute approximate surface area is 110 Å². The van der Waals surface area contributed by atoms with Crippen molar-refractivity contribution in [1.82, 2.24) is 15.5 Å². The molecule has 6 heteroatoms. The first-order chi connectivity index (χ1) is 9.28. The number of rotatable bonds is 4. The van der Waals surface area contributed by atoms with Crippen LogP contribution in [0.3, 0.4) is 0 Å². The summed E-state index contributed by atoms with van der Waals surface area (Å²) >= 11 is 0. The van der Waals surface area contributed by atoms with Crippen molar-refractivity contribution in [2.45, 2.75) is 26.4 Å². The van der Waals surface area contributed by atoms with Crippen LogP contribution >= 0.6 is 0 Å². The smallest absolute Gasteiger partial charge is 0.253 e. The van der Waals surface area contributed by atoms with Gasteiger partial charge in [-0.05, 0) is 11.6 Å². The monoisotopic (exact) mass is 258 g/mol. The minimum atomic E-state index is -0.0412. The maximum absolute atomic E-state index is 11.7. The predicted octanol–water partition coefficient (Wildman–Crippen LogP) is 1.49. The summed E-state index contributed by atoms with van der Waals surface area (Å²) in [4.78, 5) is 16.0. The molecule has 0 unspecified atom stereocenters. The van der Waals surface area contributed by atoms with Crippen LogP contribution in [0.4, 0.5) is 5.69 Å². The van der Waals surface area contributed by atoms with Gasteiger partial charge in [0.25, 0.3) is 5.91 Å². The van der Waals surface area contributed by atoms with E-state index in [4.69, 9.17) is 4.52 Å². The molecule has 2 aromatic rings. The van der Waals surface area contributed by atoms with Gasteiger partial charge < -0.3 is 15.2 Å². The van der Waals surface area contributed by atoms with Crippen LogP contribution in [0.15, 0.2) is 22.7 Å². The fourth-order valence-corrected chi connectivity index (χ4v) is 2.11. The van der Waals surface area contributed by atoms with Crippen LogP contribution in [-0.2, 0) is 19.5 Å². The van der Waals surface area contributed by atoms with E-state index in [9.17, 15) is 4.79 Å². The Morgan fingerprint density at radius 3 is 3.16 bits per heavy atom. The summed E-state index contributed by atoms with van der Waals surface area (Å²) in [6.45, 7) is 2.98. The molecule has 3 rings (SSSR count). The third-order valence-electron chi connectivity index (χ3n) is 3.07. The molecule has 19 heavy (non-hydrogen) atoms. The first-order valence-electron chi connectivity index (χ1n) is 6.23. The quantitative estimate of drug-likeness (QED) is 0.868. The molecule has 0 saturated carbocycles. The van der Waals surface area contributed by atoms with Gasteiger partial charge in [-0.1, -0.05) is 24.2 Å². The molecule has 0 spiro atoms. The summed E-state index contributed by atoms with van der Waals surface area (Å²) in [6.07, 6.45) is 0.718. The largest absolute Gasteiger partial charge is 0.377 e. The Bertz CT molecular complexity index is 621. The van der Waals surface area contributed by atoms with E-state index in [1.54, 1.807) is 0 Å². The summed E-state index contributed by atoms with van der Waals surface area (Å²) in [6, 6.07) is 5.75. The molecule has 6 nitrogen and oxygen atoms in total. The number of aryl methyl sites for hydroxylation is 1. The number of aromatic nitrogens is 2. The molecular formula is C13H14N4O2. The number of hydrogen-bond acceptors (Lipinski definition) is 5. The van der Waals surface area contributed by atoms with Gasteiger partial charge in [0.05, 0.1) is 12.1 Å². The lowest BCUT2D eigenvalue weighted by Crippen LogP contribution is -2.14. The normalized spacial score (nSPS) is 13.2. The lowest BCUT2D eigenvalue weighted by molar-refractivity contribution is 0.0966. The molecule has 1 aromatic heterocycles. The Kier molecular flexibility index (Phi) is 2.91. The Morgan fingerprint density at radius 1 is 1.47 bits per heavy atom. The van der Waals surface area contributed by atoms with Gasteiger partial charge in [-0.15, -0.1) is 0 Å². The highest BCUT2D eigenvalue weighted by molar-refractivity contribution is 6.03. The molecule has 2 heterocycles. The molecule has 0 bridgehead atoms. The SMILES string of the molecule is CCc1nc(CNc2cccc3c2C(=O)NC3)no1. The van der Waals surface area contributed by atoms with Gasteiger partial charge in [-0.2, -0.15) is 4.98 Å². The highest BCUT2D eigenvalue weighted by atomic mass is 16.5. The molecule has 2 N–H and O–H groups in total. The van der Waals surface area contributed by atoms with E-state index in [1.807, 2.05) is 25.1 Å². The highest BCUT2D eigenvalue weighted by Crippen LogP contribution is 2.24. The number of nitrogens with one attached hydrogen (secondary N) is 2. The van der Waals surface area contributed by atoms with E-state index in [-0.39, 0.29) is 5.91 Å². The average Bonchev–Trinajstić information content (AvgIpc) is 3.04. The summed E-state index contributed by atoms with van der Waals surface area (Å²) < 4.78 is 5.04. The van der Waals surface area contributed by atoms with E-state index >= 15 is 0 Å². The van der Waals surface area contributed by atoms with Gasteiger partial charge in [0.2, 0.25) is 5.89 Å². The number of fused-ring (bicyclic) bond motifs is 1. The number of carbonyl (C=O) groups excluding carboxylic acids is 1. The summed E-state index contributed by atoms with van der Waals surface area (Å²) in [7, 11) is 0. The van der Waals surface area contributed by atoms with E-state index < -0.39 is 0 Å². The van der Waals surface area contributed by atoms with Crippen LogP contribution in [0.1, 0.15) is 34.6 Å². The number of hydrogen-bond donors (Lipinski definition) is 2. The van der Waals surface area contributed by atoms with Crippen molar-refractivity contribution in [3.8, 4) is 0 Å². The van der Waals surface area contributed by atoms with Crippen molar-refractivity contribution in [3.05, 3.63) is 41.0 Å². The van der Waals surface area contributed by atoms with Crippen LogP contribution in [0.5, 0.6) is 0 Å². The molecule has 98 valence electrons. The number of nitrogens with zero attached hydrogens (tertiary/aromatic N) is 2. The first-order valence-corrected chi connectivity index (χ1v) is 6.23. The standard InChI is InChI=1S/C13H14N4O2/c1-2-11-16-10(17-19-11)7-14-9-5-3-4-8-6-15-13(18)12(8)9/h3-5,14H,2,6-7H2,1H3,(H,15,18). The minimum absolute atomic E-state index is 0.0412. The highest BCUT2D eigenvalue weighted by Gasteiger charge is 2.22. The number of anilines is 1. The Morgan fingerprint density at radius 2 is 2.37 bits per heavy atom. The van der Waals surface area contributed by atoms with Crippen LogP contribution in [0.25, 0.3) is 0 Å². The zero-order valence-electron chi connectivity index (χ0n) is 10.6. The summed E-state index contributed by atoms with van der Waals surface area (Å²) in [5, 5.41) is 9.86. The molecule has 1 amide bonds. The molecular weight excluding hydrogens is 244 g/mol. The number of benzene rings is 1. The van der Waals surface area contributed by atoms with Gasteiger partial charge >= 0.3 is 0 Å².